The first-order valence-corrected chi connectivity index (χ1v) is 7.20. The van der Waals surface area contributed by atoms with Crippen molar-refractivity contribution in [2.75, 3.05) is 13.7 Å². The topological polar surface area (TPSA) is 29.5 Å². The highest BCUT2D eigenvalue weighted by Gasteiger charge is 2.13. The van der Waals surface area contributed by atoms with Crippen LogP contribution >= 0.6 is 11.3 Å². The van der Waals surface area contributed by atoms with Gasteiger partial charge in [0.25, 0.3) is 5.91 Å². The molecule has 1 heterocycles. The van der Waals surface area contributed by atoms with E-state index in [9.17, 15) is 13.6 Å². The van der Waals surface area contributed by atoms with Crippen molar-refractivity contribution in [2.45, 2.75) is 13.5 Å². The molecule has 2 aromatic rings. The van der Waals surface area contributed by atoms with Crippen LogP contribution in [-0.2, 0) is 11.3 Å². The summed E-state index contributed by atoms with van der Waals surface area (Å²) in [5, 5.41) is 1.97. The highest BCUT2D eigenvalue weighted by Crippen LogP contribution is 2.19. The lowest BCUT2D eigenvalue weighted by atomic mass is 10.3. The van der Waals surface area contributed by atoms with Gasteiger partial charge in [0.1, 0.15) is 5.82 Å². The lowest BCUT2D eigenvalue weighted by Gasteiger charge is -2.17. The number of benzene rings is 1. The normalized spacial score (nSPS) is 10.5. The van der Waals surface area contributed by atoms with E-state index >= 15 is 0 Å². The van der Waals surface area contributed by atoms with Gasteiger partial charge in [0.2, 0.25) is 0 Å². The molecule has 0 aliphatic carbocycles. The van der Waals surface area contributed by atoms with Gasteiger partial charge in [-0.15, -0.1) is 11.3 Å². The van der Waals surface area contributed by atoms with E-state index in [2.05, 4.69) is 0 Å². The lowest BCUT2D eigenvalue weighted by molar-refractivity contribution is -0.132. The summed E-state index contributed by atoms with van der Waals surface area (Å²) in [6.45, 7) is 2.18. The van der Waals surface area contributed by atoms with Gasteiger partial charge in [-0.2, -0.15) is 0 Å². The molecule has 6 heteroatoms. The molecule has 0 unspecified atom stereocenters. The summed E-state index contributed by atoms with van der Waals surface area (Å²) in [5.41, 5.74) is 1.13. The van der Waals surface area contributed by atoms with E-state index in [1.165, 1.54) is 11.0 Å². The zero-order chi connectivity index (χ0) is 15.4. The van der Waals surface area contributed by atoms with E-state index in [4.69, 9.17) is 4.74 Å². The fourth-order valence-corrected chi connectivity index (χ4v) is 2.67. The molecule has 112 valence electrons. The number of carbonyl (C=O) groups excluding carboxylic acids is 1. The first kappa shape index (κ1) is 15.4. The minimum Gasteiger partial charge on any atom is -0.481 e. The summed E-state index contributed by atoms with van der Waals surface area (Å²) >= 11 is 1.58. The number of likely N-dealkylation sites (N-methyl/N-ethyl adjacent to an activating group) is 1. The van der Waals surface area contributed by atoms with Crippen LogP contribution in [0.25, 0.3) is 0 Å². The van der Waals surface area contributed by atoms with Gasteiger partial charge in [-0.05, 0) is 36.1 Å². The molecular formula is C15H15F2NO2S. The van der Waals surface area contributed by atoms with Crippen molar-refractivity contribution in [3.05, 3.63) is 51.7 Å². The number of carbonyl (C=O) groups is 1. The van der Waals surface area contributed by atoms with Gasteiger partial charge in [-0.25, -0.2) is 8.78 Å². The molecule has 0 saturated carbocycles. The Labute approximate surface area is 125 Å². The molecule has 2 rings (SSSR count). The lowest BCUT2D eigenvalue weighted by Crippen LogP contribution is -2.31. The van der Waals surface area contributed by atoms with Gasteiger partial charge < -0.3 is 9.64 Å². The Bertz CT molecular complexity index is 642. The smallest absolute Gasteiger partial charge is 0.260 e. The Morgan fingerprint density at radius 2 is 2.10 bits per heavy atom. The third-order valence-electron chi connectivity index (χ3n) is 3.02. The average Bonchev–Trinajstić information content (AvgIpc) is 2.83. The van der Waals surface area contributed by atoms with E-state index in [-0.39, 0.29) is 18.3 Å². The highest BCUT2D eigenvalue weighted by atomic mass is 32.1. The minimum atomic E-state index is -0.820. The molecule has 0 saturated heterocycles. The van der Waals surface area contributed by atoms with Crippen molar-refractivity contribution in [2.24, 2.45) is 0 Å². The number of rotatable bonds is 5. The monoisotopic (exact) mass is 311 g/mol. The quantitative estimate of drug-likeness (QED) is 0.847. The van der Waals surface area contributed by atoms with Crippen molar-refractivity contribution < 1.29 is 18.3 Å². The minimum absolute atomic E-state index is 0.134. The highest BCUT2D eigenvalue weighted by molar-refractivity contribution is 7.10. The Morgan fingerprint density at radius 1 is 1.33 bits per heavy atom. The molecule has 21 heavy (non-hydrogen) atoms. The maximum atomic E-state index is 13.4. The third-order valence-corrected chi connectivity index (χ3v) is 4.03. The Kier molecular flexibility index (Phi) is 4.90. The maximum absolute atomic E-state index is 13.4. The van der Waals surface area contributed by atoms with Crippen molar-refractivity contribution in [1.82, 2.24) is 4.90 Å². The Morgan fingerprint density at radius 3 is 2.71 bits per heavy atom. The van der Waals surface area contributed by atoms with Crippen LogP contribution in [0.2, 0.25) is 0 Å². The van der Waals surface area contributed by atoms with Crippen LogP contribution in [0, 0.1) is 18.6 Å². The fraction of sp³-hybridized carbons (Fsp3) is 0.267. The second kappa shape index (κ2) is 6.67. The number of thiophene rings is 1. The first-order chi connectivity index (χ1) is 9.97. The van der Waals surface area contributed by atoms with Crippen molar-refractivity contribution >= 4 is 17.2 Å². The van der Waals surface area contributed by atoms with Crippen LogP contribution in [0.4, 0.5) is 8.78 Å². The van der Waals surface area contributed by atoms with Crippen molar-refractivity contribution in [1.29, 1.82) is 0 Å². The number of hydrogen-bond donors (Lipinski definition) is 0. The summed E-state index contributed by atoms with van der Waals surface area (Å²) < 4.78 is 31.2. The molecule has 0 atom stereocenters. The molecule has 1 aromatic carbocycles. The van der Waals surface area contributed by atoms with Crippen molar-refractivity contribution in [3.63, 3.8) is 0 Å². The number of hydrogen-bond acceptors (Lipinski definition) is 3. The summed E-state index contributed by atoms with van der Waals surface area (Å²) in [7, 11) is 1.66. The summed E-state index contributed by atoms with van der Waals surface area (Å²) in [5.74, 6) is -1.91. The molecular weight excluding hydrogens is 296 g/mol. The van der Waals surface area contributed by atoms with E-state index in [1.54, 1.807) is 18.4 Å². The van der Waals surface area contributed by atoms with Gasteiger partial charge in [0.15, 0.2) is 18.2 Å². The third kappa shape index (κ3) is 4.01. The van der Waals surface area contributed by atoms with Crippen molar-refractivity contribution in [3.8, 4) is 5.75 Å². The zero-order valence-corrected chi connectivity index (χ0v) is 12.5. The second-order valence-corrected chi connectivity index (χ2v) is 5.64. The average molecular weight is 311 g/mol. The Hall–Kier alpha value is -1.95. The number of halogens is 2. The molecule has 1 amide bonds. The van der Waals surface area contributed by atoms with Gasteiger partial charge in [-0.1, -0.05) is 0 Å². The summed E-state index contributed by atoms with van der Waals surface area (Å²) in [6, 6.07) is 4.96. The second-order valence-electron chi connectivity index (χ2n) is 4.64. The molecule has 0 radical (unpaired) electrons. The van der Waals surface area contributed by atoms with Crippen LogP contribution in [0.5, 0.6) is 5.75 Å². The predicted molar refractivity (Wildman–Crippen MR) is 77.4 cm³/mol. The van der Waals surface area contributed by atoms with E-state index in [0.717, 1.165) is 22.6 Å². The Balaban J connectivity index is 1.90. The van der Waals surface area contributed by atoms with Crippen LogP contribution in [0.3, 0.4) is 0 Å². The van der Waals surface area contributed by atoms with E-state index < -0.39 is 11.6 Å². The first-order valence-electron chi connectivity index (χ1n) is 6.32. The van der Waals surface area contributed by atoms with Crippen LogP contribution in [0.15, 0.2) is 29.6 Å². The molecule has 0 N–H and O–H groups in total. The van der Waals surface area contributed by atoms with Gasteiger partial charge in [0, 0.05) is 18.0 Å². The van der Waals surface area contributed by atoms with Gasteiger partial charge >= 0.3 is 0 Å². The molecule has 3 nitrogen and oxygen atoms in total. The van der Waals surface area contributed by atoms with Gasteiger partial charge in [0.05, 0.1) is 6.54 Å². The molecule has 0 aliphatic rings. The van der Waals surface area contributed by atoms with E-state index in [1.807, 2.05) is 18.4 Å². The molecule has 0 bridgehead atoms. The predicted octanol–water partition coefficient (Wildman–Crippen LogP) is 3.37. The SMILES string of the molecule is Cc1ccsc1CN(C)C(=O)COc1ccc(F)cc1F. The molecule has 0 fully saturated rings. The largest absolute Gasteiger partial charge is 0.481 e. The molecule has 0 aliphatic heterocycles. The van der Waals surface area contributed by atoms with Crippen LogP contribution in [0.1, 0.15) is 10.4 Å². The summed E-state index contributed by atoms with van der Waals surface area (Å²) in [4.78, 5) is 14.6. The number of ether oxygens (including phenoxy) is 1. The fourth-order valence-electron chi connectivity index (χ4n) is 1.71. The number of aryl methyl sites for hydroxylation is 1. The molecule has 1 aromatic heterocycles. The van der Waals surface area contributed by atoms with Crippen LogP contribution in [-0.4, -0.2) is 24.5 Å². The van der Waals surface area contributed by atoms with Gasteiger partial charge in [-0.3, -0.25) is 4.79 Å². The summed E-state index contributed by atoms with van der Waals surface area (Å²) in [6.07, 6.45) is 0. The molecule has 0 spiro atoms. The maximum Gasteiger partial charge on any atom is 0.260 e. The zero-order valence-electron chi connectivity index (χ0n) is 11.7. The van der Waals surface area contributed by atoms with E-state index in [0.29, 0.717) is 6.54 Å². The van der Waals surface area contributed by atoms with Crippen LogP contribution < -0.4 is 4.74 Å². The number of amides is 1. The standard InChI is InChI=1S/C15H15F2NO2S/c1-10-5-6-21-14(10)8-18(2)15(19)9-20-13-4-3-11(16)7-12(13)17/h3-7H,8-9H2,1-2H3. The number of nitrogens with zero attached hydrogens (tertiary/aromatic N) is 1.